The molecule has 0 saturated carbocycles. The molecule has 0 aromatic rings. The summed E-state index contributed by atoms with van der Waals surface area (Å²) in [5, 5.41) is 9.25. The fraction of sp³-hybridized carbons (Fsp3) is 0.846. The van der Waals surface area contributed by atoms with Crippen molar-refractivity contribution in [1.82, 2.24) is 4.90 Å². The number of hydrogen-bond donors (Lipinski definition) is 0. The van der Waals surface area contributed by atoms with Gasteiger partial charge in [-0.2, -0.15) is 5.26 Å². The number of nitrogens with zero attached hydrogens (tertiary/aromatic N) is 2. The molecule has 0 fully saturated rings. The van der Waals surface area contributed by atoms with Gasteiger partial charge in [0, 0.05) is 12.6 Å². The molecule has 0 radical (unpaired) electrons. The van der Waals surface area contributed by atoms with Gasteiger partial charge in [-0.1, -0.05) is 20.8 Å². The van der Waals surface area contributed by atoms with E-state index in [9.17, 15) is 10.1 Å². The minimum atomic E-state index is -0.820. The summed E-state index contributed by atoms with van der Waals surface area (Å²) < 4.78 is 0. The summed E-state index contributed by atoms with van der Waals surface area (Å²) in [6.07, 6.45) is 2.10. The van der Waals surface area contributed by atoms with Gasteiger partial charge in [-0.25, -0.2) is 0 Å². The van der Waals surface area contributed by atoms with Crippen molar-refractivity contribution in [3.8, 4) is 6.07 Å². The third-order valence-corrected chi connectivity index (χ3v) is 3.55. The highest BCUT2D eigenvalue weighted by molar-refractivity contribution is 5.85. The first-order valence-corrected chi connectivity index (χ1v) is 6.25. The second-order valence-electron chi connectivity index (χ2n) is 4.25. The van der Waals surface area contributed by atoms with Gasteiger partial charge in [0.2, 0.25) is 5.91 Å². The van der Waals surface area contributed by atoms with Crippen molar-refractivity contribution in [3.63, 3.8) is 0 Å². The molecule has 3 nitrogen and oxygen atoms in total. The SMILES string of the molecule is CCC(C)N(CC)C(=O)C(C#N)(CC)CC. The number of nitriles is 1. The fourth-order valence-electron chi connectivity index (χ4n) is 1.91. The van der Waals surface area contributed by atoms with Crippen LogP contribution in [0.25, 0.3) is 0 Å². The summed E-state index contributed by atoms with van der Waals surface area (Å²) in [7, 11) is 0. The van der Waals surface area contributed by atoms with E-state index in [1.807, 2.05) is 32.6 Å². The first-order chi connectivity index (χ1) is 7.52. The van der Waals surface area contributed by atoms with Crippen LogP contribution < -0.4 is 0 Å². The van der Waals surface area contributed by atoms with Crippen molar-refractivity contribution in [2.24, 2.45) is 5.41 Å². The molecule has 3 heteroatoms. The van der Waals surface area contributed by atoms with Crippen molar-refractivity contribution in [3.05, 3.63) is 0 Å². The van der Waals surface area contributed by atoms with Gasteiger partial charge in [0.05, 0.1) is 6.07 Å². The fourth-order valence-corrected chi connectivity index (χ4v) is 1.91. The number of rotatable bonds is 6. The predicted octanol–water partition coefficient (Wildman–Crippen LogP) is 2.96. The molecule has 0 heterocycles. The summed E-state index contributed by atoms with van der Waals surface area (Å²) in [6.45, 7) is 10.6. The Morgan fingerprint density at radius 3 is 2.06 bits per heavy atom. The molecular formula is C13H24N2O. The number of carbonyl (C=O) groups excluding carboxylic acids is 1. The summed E-state index contributed by atoms with van der Waals surface area (Å²) in [5.41, 5.74) is -0.820. The van der Waals surface area contributed by atoms with E-state index in [1.165, 1.54) is 0 Å². The highest BCUT2D eigenvalue weighted by Gasteiger charge is 2.38. The van der Waals surface area contributed by atoms with Gasteiger partial charge in [-0.15, -0.1) is 0 Å². The first kappa shape index (κ1) is 15.0. The molecule has 0 N–H and O–H groups in total. The van der Waals surface area contributed by atoms with E-state index in [0.29, 0.717) is 19.4 Å². The van der Waals surface area contributed by atoms with Crippen LogP contribution >= 0.6 is 0 Å². The highest BCUT2D eigenvalue weighted by Crippen LogP contribution is 2.29. The average molecular weight is 224 g/mol. The molecule has 0 aromatic carbocycles. The van der Waals surface area contributed by atoms with E-state index in [2.05, 4.69) is 13.0 Å². The zero-order chi connectivity index (χ0) is 12.8. The predicted molar refractivity (Wildman–Crippen MR) is 65.8 cm³/mol. The maximum atomic E-state index is 12.4. The molecule has 0 rings (SSSR count). The van der Waals surface area contributed by atoms with Gasteiger partial charge < -0.3 is 4.90 Å². The smallest absolute Gasteiger partial charge is 0.243 e. The summed E-state index contributed by atoms with van der Waals surface area (Å²) in [4.78, 5) is 14.2. The zero-order valence-electron chi connectivity index (χ0n) is 11.2. The Morgan fingerprint density at radius 2 is 1.81 bits per heavy atom. The minimum Gasteiger partial charge on any atom is -0.339 e. The van der Waals surface area contributed by atoms with Crippen molar-refractivity contribution < 1.29 is 4.79 Å². The van der Waals surface area contributed by atoms with E-state index < -0.39 is 5.41 Å². The van der Waals surface area contributed by atoms with E-state index in [1.54, 1.807) is 0 Å². The largest absolute Gasteiger partial charge is 0.339 e. The second kappa shape index (κ2) is 6.52. The Hall–Kier alpha value is -1.04. The van der Waals surface area contributed by atoms with Crippen LogP contribution in [-0.4, -0.2) is 23.4 Å². The summed E-state index contributed by atoms with van der Waals surface area (Å²) in [5.74, 6) is -0.00292. The lowest BCUT2D eigenvalue weighted by Gasteiger charge is -2.34. The third kappa shape index (κ3) is 2.75. The lowest BCUT2D eigenvalue weighted by atomic mass is 9.82. The minimum absolute atomic E-state index is 0.00292. The standard InChI is InChI=1S/C13H24N2O/c1-6-11(5)15(9-4)12(16)13(7-2,8-3)10-14/h11H,6-9H2,1-5H3. The highest BCUT2D eigenvalue weighted by atomic mass is 16.2. The lowest BCUT2D eigenvalue weighted by Crippen LogP contribution is -2.46. The van der Waals surface area contributed by atoms with Crippen LogP contribution in [0.15, 0.2) is 0 Å². The monoisotopic (exact) mass is 224 g/mol. The molecule has 0 aromatic heterocycles. The Balaban J connectivity index is 5.06. The van der Waals surface area contributed by atoms with Crippen LogP contribution in [0.4, 0.5) is 0 Å². The van der Waals surface area contributed by atoms with E-state index >= 15 is 0 Å². The van der Waals surface area contributed by atoms with Crippen LogP contribution in [0.1, 0.15) is 53.9 Å². The average Bonchev–Trinajstić information content (AvgIpc) is 2.32. The van der Waals surface area contributed by atoms with Crippen molar-refractivity contribution in [2.45, 2.75) is 59.9 Å². The third-order valence-electron chi connectivity index (χ3n) is 3.55. The van der Waals surface area contributed by atoms with Crippen LogP contribution in [0.5, 0.6) is 0 Å². The lowest BCUT2D eigenvalue weighted by molar-refractivity contribution is -0.141. The van der Waals surface area contributed by atoms with Crippen molar-refractivity contribution in [2.75, 3.05) is 6.54 Å². The maximum absolute atomic E-state index is 12.4. The van der Waals surface area contributed by atoms with Gasteiger partial charge >= 0.3 is 0 Å². The Bertz CT molecular complexity index is 264. The van der Waals surface area contributed by atoms with Crippen LogP contribution in [0.3, 0.4) is 0 Å². The molecule has 1 amide bonds. The molecule has 1 atom stereocenters. The summed E-state index contributed by atoms with van der Waals surface area (Å²) >= 11 is 0. The summed E-state index contributed by atoms with van der Waals surface area (Å²) in [6, 6.07) is 2.43. The van der Waals surface area contributed by atoms with Gasteiger partial charge in [0.25, 0.3) is 0 Å². The van der Waals surface area contributed by atoms with Crippen molar-refractivity contribution in [1.29, 1.82) is 5.26 Å². The maximum Gasteiger partial charge on any atom is 0.243 e. The molecule has 92 valence electrons. The molecular weight excluding hydrogens is 200 g/mol. The van der Waals surface area contributed by atoms with Crippen molar-refractivity contribution >= 4 is 5.91 Å². The number of hydrogen-bond acceptors (Lipinski definition) is 2. The molecule has 0 saturated heterocycles. The molecule has 16 heavy (non-hydrogen) atoms. The van der Waals surface area contributed by atoms with Crippen LogP contribution in [-0.2, 0) is 4.79 Å². The number of amides is 1. The molecule has 0 bridgehead atoms. The van der Waals surface area contributed by atoms with Gasteiger partial charge in [0.15, 0.2) is 0 Å². The van der Waals surface area contributed by atoms with Gasteiger partial charge in [0.1, 0.15) is 5.41 Å². The Labute approximate surface area is 99.4 Å². The molecule has 0 spiro atoms. The van der Waals surface area contributed by atoms with E-state index in [-0.39, 0.29) is 11.9 Å². The molecule has 0 aliphatic rings. The topological polar surface area (TPSA) is 44.1 Å². The molecule has 0 aliphatic heterocycles. The molecule has 0 aliphatic carbocycles. The van der Waals surface area contributed by atoms with Crippen LogP contribution in [0, 0.1) is 16.7 Å². The first-order valence-electron chi connectivity index (χ1n) is 6.25. The van der Waals surface area contributed by atoms with E-state index in [4.69, 9.17) is 0 Å². The van der Waals surface area contributed by atoms with E-state index in [0.717, 1.165) is 6.42 Å². The van der Waals surface area contributed by atoms with Gasteiger partial charge in [-0.05, 0) is 33.1 Å². The second-order valence-corrected chi connectivity index (χ2v) is 4.25. The zero-order valence-corrected chi connectivity index (χ0v) is 11.2. The quantitative estimate of drug-likeness (QED) is 0.696. The Morgan fingerprint density at radius 1 is 1.31 bits per heavy atom. The number of carbonyl (C=O) groups is 1. The Kier molecular flexibility index (Phi) is 6.10. The normalized spacial score (nSPS) is 13.0. The molecule has 1 unspecified atom stereocenters. The van der Waals surface area contributed by atoms with Crippen LogP contribution in [0.2, 0.25) is 0 Å². The van der Waals surface area contributed by atoms with Gasteiger partial charge in [-0.3, -0.25) is 4.79 Å².